The van der Waals surface area contributed by atoms with Crippen LogP contribution < -0.4 is 0 Å². The van der Waals surface area contributed by atoms with Gasteiger partial charge in [0.15, 0.2) is 0 Å². The second-order valence-corrected chi connectivity index (χ2v) is 8.19. The van der Waals surface area contributed by atoms with E-state index in [0.29, 0.717) is 10.8 Å². The Morgan fingerprint density at radius 1 is 0.941 bits per heavy atom. The number of hydrogen-bond acceptors (Lipinski definition) is 0. The van der Waals surface area contributed by atoms with Crippen molar-refractivity contribution in [3.63, 3.8) is 0 Å². The van der Waals surface area contributed by atoms with Crippen LogP contribution in [0.4, 0.5) is 0 Å². The third-order valence-electron chi connectivity index (χ3n) is 5.06. The van der Waals surface area contributed by atoms with Gasteiger partial charge in [-0.05, 0) is 35.5 Å². The van der Waals surface area contributed by atoms with Crippen LogP contribution in [0.1, 0.15) is 86.5 Å². The molecule has 1 aliphatic carbocycles. The van der Waals surface area contributed by atoms with Crippen molar-refractivity contribution in [1.82, 2.24) is 0 Å². The molecule has 0 nitrogen and oxygen atoms in total. The minimum Gasteiger partial charge on any atom is -0.0623 e. The Labute approximate surface area is 110 Å². The van der Waals surface area contributed by atoms with Crippen molar-refractivity contribution < 1.29 is 0 Å². The van der Waals surface area contributed by atoms with Gasteiger partial charge in [0.05, 0.1) is 0 Å². The van der Waals surface area contributed by atoms with Crippen molar-refractivity contribution in [2.45, 2.75) is 86.5 Å². The maximum absolute atomic E-state index is 2.49. The average molecular weight is 238 g/mol. The van der Waals surface area contributed by atoms with Gasteiger partial charge in [-0.1, -0.05) is 73.6 Å². The molecular weight excluding hydrogens is 204 g/mol. The Bertz CT molecular complexity index is 216. The molecule has 0 radical (unpaired) electrons. The van der Waals surface area contributed by atoms with E-state index in [4.69, 9.17) is 0 Å². The predicted molar refractivity (Wildman–Crippen MR) is 78.2 cm³/mol. The topological polar surface area (TPSA) is 0 Å². The van der Waals surface area contributed by atoms with Crippen LogP contribution in [0.25, 0.3) is 0 Å². The summed E-state index contributed by atoms with van der Waals surface area (Å²) in [7, 11) is 0. The zero-order valence-corrected chi connectivity index (χ0v) is 13.1. The summed E-state index contributed by atoms with van der Waals surface area (Å²) in [6.45, 7) is 14.6. The summed E-state index contributed by atoms with van der Waals surface area (Å²) >= 11 is 0. The Hall–Kier alpha value is 0. The first-order chi connectivity index (χ1) is 7.73. The molecule has 0 unspecified atom stereocenters. The summed E-state index contributed by atoms with van der Waals surface area (Å²) in [6.07, 6.45) is 10.2. The van der Waals surface area contributed by atoms with Gasteiger partial charge in [0, 0.05) is 0 Å². The van der Waals surface area contributed by atoms with E-state index in [1.807, 2.05) is 0 Å². The van der Waals surface area contributed by atoms with Gasteiger partial charge < -0.3 is 0 Å². The molecule has 1 fully saturated rings. The first-order valence-electron chi connectivity index (χ1n) is 7.73. The lowest BCUT2D eigenvalue weighted by Crippen LogP contribution is -2.29. The monoisotopic (exact) mass is 238 g/mol. The molecule has 0 heterocycles. The zero-order valence-electron chi connectivity index (χ0n) is 13.1. The highest BCUT2D eigenvalue weighted by molar-refractivity contribution is 4.83. The molecule has 1 rings (SSSR count). The van der Waals surface area contributed by atoms with Gasteiger partial charge in [0.1, 0.15) is 0 Å². The summed E-state index contributed by atoms with van der Waals surface area (Å²) in [4.78, 5) is 0. The lowest BCUT2D eigenvalue weighted by molar-refractivity contribution is 0.108. The normalized spacial score (nSPS) is 19.9. The fourth-order valence-electron chi connectivity index (χ4n) is 3.68. The molecule has 0 bridgehead atoms. The van der Waals surface area contributed by atoms with E-state index >= 15 is 0 Å². The van der Waals surface area contributed by atoms with Crippen molar-refractivity contribution in [3.05, 3.63) is 0 Å². The Morgan fingerprint density at radius 3 is 1.94 bits per heavy atom. The van der Waals surface area contributed by atoms with E-state index in [9.17, 15) is 0 Å². The van der Waals surface area contributed by atoms with Crippen molar-refractivity contribution in [1.29, 1.82) is 0 Å². The van der Waals surface area contributed by atoms with Crippen LogP contribution in [0.15, 0.2) is 0 Å². The SMILES string of the molecule is CC(C)C(C)(C)CC(C)(C)CC1CCCCC1. The van der Waals surface area contributed by atoms with Crippen molar-refractivity contribution in [2.75, 3.05) is 0 Å². The Balaban J connectivity index is 2.49. The molecular formula is C17H34. The third kappa shape index (κ3) is 5.02. The van der Waals surface area contributed by atoms with Gasteiger partial charge >= 0.3 is 0 Å². The first kappa shape index (κ1) is 15.1. The molecule has 0 aromatic carbocycles. The molecule has 0 aromatic heterocycles. The van der Waals surface area contributed by atoms with Crippen LogP contribution in [0.2, 0.25) is 0 Å². The molecule has 0 aliphatic heterocycles. The molecule has 0 heteroatoms. The summed E-state index contributed by atoms with van der Waals surface area (Å²) in [6, 6.07) is 0. The quantitative estimate of drug-likeness (QED) is 0.546. The fourth-order valence-corrected chi connectivity index (χ4v) is 3.68. The van der Waals surface area contributed by atoms with Crippen LogP contribution >= 0.6 is 0 Å². The molecule has 0 saturated heterocycles. The second-order valence-electron chi connectivity index (χ2n) is 8.19. The maximum atomic E-state index is 2.49. The molecule has 17 heavy (non-hydrogen) atoms. The van der Waals surface area contributed by atoms with E-state index in [-0.39, 0.29) is 0 Å². The van der Waals surface area contributed by atoms with Crippen LogP contribution in [-0.4, -0.2) is 0 Å². The Morgan fingerprint density at radius 2 is 1.47 bits per heavy atom. The van der Waals surface area contributed by atoms with Crippen LogP contribution in [-0.2, 0) is 0 Å². The maximum Gasteiger partial charge on any atom is -0.0326 e. The largest absolute Gasteiger partial charge is 0.0623 e. The minimum atomic E-state index is 0.484. The minimum absolute atomic E-state index is 0.484. The van der Waals surface area contributed by atoms with E-state index in [2.05, 4.69) is 41.5 Å². The molecule has 1 aliphatic rings. The second kappa shape index (κ2) is 5.76. The van der Waals surface area contributed by atoms with Gasteiger partial charge in [-0.3, -0.25) is 0 Å². The van der Waals surface area contributed by atoms with E-state index < -0.39 is 0 Å². The third-order valence-corrected chi connectivity index (χ3v) is 5.06. The van der Waals surface area contributed by atoms with Gasteiger partial charge in [-0.25, -0.2) is 0 Å². The van der Waals surface area contributed by atoms with Gasteiger partial charge in [-0.15, -0.1) is 0 Å². The van der Waals surface area contributed by atoms with Gasteiger partial charge in [0.25, 0.3) is 0 Å². The van der Waals surface area contributed by atoms with E-state index in [1.54, 1.807) is 0 Å². The fraction of sp³-hybridized carbons (Fsp3) is 1.00. The molecule has 0 spiro atoms. The number of rotatable bonds is 5. The lowest BCUT2D eigenvalue weighted by atomic mass is 9.65. The highest BCUT2D eigenvalue weighted by Crippen LogP contribution is 2.44. The molecule has 0 amide bonds. The molecule has 0 aromatic rings. The summed E-state index contributed by atoms with van der Waals surface area (Å²) < 4.78 is 0. The van der Waals surface area contributed by atoms with E-state index in [1.165, 1.54) is 44.9 Å². The Kier molecular flexibility index (Phi) is 5.10. The summed E-state index contributed by atoms with van der Waals surface area (Å²) in [5.41, 5.74) is 1.01. The summed E-state index contributed by atoms with van der Waals surface area (Å²) in [5.74, 6) is 1.80. The zero-order chi connectivity index (χ0) is 13.1. The smallest absolute Gasteiger partial charge is 0.0326 e. The van der Waals surface area contributed by atoms with Crippen molar-refractivity contribution >= 4 is 0 Å². The van der Waals surface area contributed by atoms with Gasteiger partial charge in [-0.2, -0.15) is 0 Å². The van der Waals surface area contributed by atoms with Crippen LogP contribution in [0.3, 0.4) is 0 Å². The average Bonchev–Trinajstić information content (AvgIpc) is 2.16. The predicted octanol–water partition coefficient (Wildman–Crippen LogP) is 6.06. The molecule has 102 valence electrons. The van der Waals surface area contributed by atoms with E-state index in [0.717, 1.165) is 11.8 Å². The van der Waals surface area contributed by atoms with Crippen molar-refractivity contribution in [2.24, 2.45) is 22.7 Å². The van der Waals surface area contributed by atoms with Crippen molar-refractivity contribution in [3.8, 4) is 0 Å². The highest BCUT2D eigenvalue weighted by Gasteiger charge is 2.33. The van der Waals surface area contributed by atoms with Crippen LogP contribution in [0.5, 0.6) is 0 Å². The first-order valence-corrected chi connectivity index (χ1v) is 7.73. The number of hydrogen-bond donors (Lipinski definition) is 0. The standard InChI is InChI=1S/C17H34/c1-14(2)17(5,6)13-16(3,4)12-15-10-8-7-9-11-15/h14-15H,7-13H2,1-6H3. The molecule has 0 N–H and O–H groups in total. The molecule has 0 atom stereocenters. The summed E-state index contributed by atoms with van der Waals surface area (Å²) in [5, 5.41) is 0. The van der Waals surface area contributed by atoms with Gasteiger partial charge in [0.2, 0.25) is 0 Å². The molecule has 1 saturated carbocycles. The highest BCUT2D eigenvalue weighted by atomic mass is 14.4. The van der Waals surface area contributed by atoms with Crippen LogP contribution in [0, 0.1) is 22.7 Å². The lowest BCUT2D eigenvalue weighted by Gasteiger charge is -2.40.